The second-order valence-electron chi connectivity index (χ2n) is 11.5. The van der Waals surface area contributed by atoms with Gasteiger partial charge < -0.3 is 34.3 Å². The van der Waals surface area contributed by atoms with Gasteiger partial charge in [0.05, 0.1) is 25.7 Å². The SMILES string of the molecule is COC(=O)[C@@]12OC[C@]34[C@H]([C@@H](O)[C@H]1O)[C@@]1(C)CC(=O)C(O)=C(C)[C@@H]1C[C@H]3OC(=O)[C@H](OC(=O)C=C(C)C)[C@@H]24. The molecule has 0 amide bonds. The summed E-state index contributed by atoms with van der Waals surface area (Å²) in [6.07, 6.45) is -4.79. The molecule has 2 saturated carbocycles. The smallest absolute Gasteiger partial charge is 0.348 e. The summed E-state index contributed by atoms with van der Waals surface area (Å²) in [5.41, 5.74) is -3.50. The van der Waals surface area contributed by atoms with Gasteiger partial charge in [0.25, 0.3) is 0 Å². The van der Waals surface area contributed by atoms with E-state index < -0.39 is 82.3 Å². The van der Waals surface area contributed by atoms with E-state index in [0.29, 0.717) is 11.1 Å². The number of ketones is 1. The van der Waals surface area contributed by atoms with Crippen molar-refractivity contribution in [3.8, 4) is 0 Å². The first kappa shape index (κ1) is 25.9. The van der Waals surface area contributed by atoms with Gasteiger partial charge in [0.1, 0.15) is 12.2 Å². The summed E-state index contributed by atoms with van der Waals surface area (Å²) in [6.45, 7) is 6.53. The maximum Gasteiger partial charge on any atom is 0.348 e. The number of aliphatic hydroxyl groups excluding tert-OH is 3. The molecule has 0 aromatic carbocycles. The van der Waals surface area contributed by atoms with Gasteiger partial charge in [0.2, 0.25) is 11.7 Å². The number of esters is 3. The van der Waals surface area contributed by atoms with Crippen LogP contribution >= 0.6 is 0 Å². The van der Waals surface area contributed by atoms with Crippen molar-refractivity contribution in [2.45, 2.75) is 70.6 Å². The van der Waals surface area contributed by atoms with Crippen LogP contribution in [-0.2, 0) is 38.1 Å². The second-order valence-corrected chi connectivity index (χ2v) is 11.5. The molecule has 2 aliphatic heterocycles. The van der Waals surface area contributed by atoms with Gasteiger partial charge in [0.15, 0.2) is 11.5 Å². The van der Waals surface area contributed by atoms with Crippen molar-refractivity contribution >= 4 is 23.7 Å². The highest BCUT2D eigenvalue weighted by molar-refractivity contribution is 5.95. The molecular formula is C26H32O11. The third-order valence-electron chi connectivity index (χ3n) is 9.49. The Balaban J connectivity index is 1.74. The predicted molar refractivity (Wildman–Crippen MR) is 122 cm³/mol. The molecule has 202 valence electrons. The lowest BCUT2D eigenvalue weighted by Gasteiger charge is -2.67. The van der Waals surface area contributed by atoms with Crippen LogP contribution in [0.15, 0.2) is 23.0 Å². The molecule has 0 aromatic rings. The average molecular weight is 521 g/mol. The predicted octanol–water partition coefficient (Wildman–Crippen LogP) is 0.517. The lowest BCUT2D eigenvalue weighted by Crippen LogP contribution is -2.79. The Kier molecular flexibility index (Phi) is 5.68. The molecule has 0 radical (unpaired) electrons. The van der Waals surface area contributed by atoms with E-state index in [4.69, 9.17) is 18.9 Å². The third-order valence-corrected chi connectivity index (χ3v) is 9.49. The Labute approximate surface area is 213 Å². The third kappa shape index (κ3) is 3.04. The zero-order valence-electron chi connectivity index (χ0n) is 21.3. The van der Waals surface area contributed by atoms with Crippen molar-refractivity contribution in [1.82, 2.24) is 0 Å². The summed E-state index contributed by atoms with van der Waals surface area (Å²) < 4.78 is 22.5. The Bertz CT molecular complexity index is 1150. The Morgan fingerprint density at radius 3 is 2.46 bits per heavy atom. The molecule has 4 fully saturated rings. The summed E-state index contributed by atoms with van der Waals surface area (Å²) in [7, 11) is 1.09. The van der Waals surface area contributed by atoms with Crippen LogP contribution in [0.4, 0.5) is 0 Å². The van der Waals surface area contributed by atoms with Crippen molar-refractivity contribution in [2.75, 3.05) is 13.7 Å². The minimum absolute atomic E-state index is 0.141. The first-order valence-corrected chi connectivity index (χ1v) is 12.3. The number of carbonyl (C=O) groups is 4. The molecule has 5 aliphatic rings. The molecule has 5 rings (SSSR count). The fraction of sp³-hybridized carbons (Fsp3) is 0.692. The van der Waals surface area contributed by atoms with Gasteiger partial charge >= 0.3 is 17.9 Å². The van der Waals surface area contributed by atoms with Crippen LogP contribution in [0.5, 0.6) is 0 Å². The van der Waals surface area contributed by atoms with Gasteiger partial charge in [-0.05, 0) is 44.1 Å². The van der Waals surface area contributed by atoms with Crippen LogP contribution in [-0.4, -0.2) is 82.7 Å². The number of hydrogen-bond donors (Lipinski definition) is 3. The molecule has 11 nitrogen and oxygen atoms in total. The van der Waals surface area contributed by atoms with E-state index in [-0.39, 0.29) is 25.2 Å². The zero-order chi connectivity index (χ0) is 27.2. The number of allylic oxidation sites excluding steroid dienone is 3. The van der Waals surface area contributed by atoms with Crippen LogP contribution in [0.1, 0.15) is 40.5 Å². The number of fused-ring (bicyclic) bond motifs is 2. The standard InChI is InChI=1S/C26H32O11/c1-10(2)6-15(28)37-18-20-25-9-35-26(20,23(33)34-5)21(31)17(30)19(25)24(4)8-13(27)16(29)11(3)12(24)7-14(25)36-22(18)32/h6,12,14,17-21,29-31H,7-9H2,1-5H3/t12-,14+,17+,18+,19+,20+,21+,24-,25+,26-/m0/s1. The van der Waals surface area contributed by atoms with Crippen molar-refractivity contribution in [2.24, 2.45) is 28.6 Å². The molecular weight excluding hydrogens is 488 g/mol. The largest absolute Gasteiger partial charge is 0.504 e. The molecule has 0 unspecified atom stereocenters. The molecule has 2 bridgehead atoms. The highest BCUT2D eigenvalue weighted by atomic mass is 16.6. The minimum atomic E-state index is -2.22. The minimum Gasteiger partial charge on any atom is -0.504 e. The van der Waals surface area contributed by atoms with Gasteiger partial charge in [-0.25, -0.2) is 14.4 Å². The van der Waals surface area contributed by atoms with Gasteiger partial charge in [-0.3, -0.25) is 4.79 Å². The van der Waals surface area contributed by atoms with E-state index in [2.05, 4.69) is 0 Å². The summed E-state index contributed by atoms with van der Waals surface area (Å²) in [5, 5.41) is 33.6. The summed E-state index contributed by atoms with van der Waals surface area (Å²) in [6, 6.07) is 0. The normalized spacial score (nSPS) is 45.9. The number of rotatable bonds is 3. The molecule has 2 heterocycles. The Morgan fingerprint density at radius 2 is 1.84 bits per heavy atom. The van der Waals surface area contributed by atoms with Gasteiger partial charge in [0, 0.05) is 23.8 Å². The van der Waals surface area contributed by atoms with Gasteiger partial charge in [-0.15, -0.1) is 0 Å². The topological polar surface area (TPSA) is 166 Å². The van der Waals surface area contributed by atoms with Crippen LogP contribution in [0, 0.1) is 28.6 Å². The number of methoxy groups -OCH3 is 1. The molecule has 37 heavy (non-hydrogen) atoms. The summed E-state index contributed by atoms with van der Waals surface area (Å²) in [4.78, 5) is 52.2. The molecule has 1 spiro atoms. The molecule has 2 saturated heterocycles. The van der Waals surface area contributed by atoms with E-state index in [0.717, 1.165) is 7.11 Å². The second kappa shape index (κ2) is 8.12. The zero-order valence-corrected chi connectivity index (χ0v) is 21.3. The maximum atomic E-state index is 13.4. The van der Waals surface area contributed by atoms with E-state index in [1.54, 1.807) is 27.7 Å². The highest BCUT2D eigenvalue weighted by Gasteiger charge is 2.85. The van der Waals surface area contributed by atoms with Crippen LogP contribution in [0.3, 0.4) is 0 Å². The number of Topliss-reactive ketones (excluding diaryl/α,β-unsaturated/α-hetero) is 1. The average Bonchev–Trinajstić information content (AvgIpc) is 3.12. The number of aliphatic hydroxyl groups is 3. The fourth-order valence-electron chi connectivity index (χ4n) is 8.25. The van der Waals surface area contributed by atoms with Crippen LogP contribution in [0.2, 0.25) is 0 Å². The fourth-order valence-corrected chi connectivity index (χ4v) is 8.25. The molecule has 10 atom stereocenters. The van der Waals surface area contributed by atoms with Crippen molar-refractivity contribution in [3.63, 3.8) is 0 Å². The van der Waals surface area contributed by atoms with Crippen molar-refractivity contribution in [3.05, 3.63) is 23.0 Å². The monoisotopic (exact) mass is 520 g/mol. The van der Waals surface area contributed by atoms with E-state index in [1.807, 2.05) is 0 Å². The Hall–Kier alpha value is -2.76. The highest BCUT2D eigenvalue weighted by Crippen LogP contribution is 2.72. The van der Waals surface area contributed by atoms with Gasteiger partial charge in [-0.2, -0.15) is 0 Å². The first-order chi connectivity index (χ1) is 17.3. The van der Waals surface area contributed by atoms with Gasteiger partial charge in [-0.1, -0.05) is 12.5 Å². The Morgan fingerprint density at radius 1 is 1.16 bits per heavy atom. The lowest BCUT2D eigenvalue weighted by molar-refractivity contribution is -0.290. The summed E-state index contributed by atoms with van der Waals surface area (Å²) in [5.74, 6) is -6.30. The lowest BCUT2D eigenvalue weighted by atomic mass is 9.38. The molecule has 11 heteroatoms. The number of hydrogen-bond acceptors (Lipinski definition) is 11. The van der Waals surface area contributed by atoms with Crippen LogP contribution < -0.4 is 0 Å². The molecule has 3 aliphatic carbocycles. The van der Waals surface area contributed by atoms with Crippen molar-refractivity contribution < 1.29 is 53.4 Å². The first-order valence-electron chi connectivity index (χ1n) is 12.3. The van der Waals surface area contributed by atoms with E-state index >= 15 is 0 Å². The van der Waals surface area contributed by atoms with Crippen LogP contribution in [0.25, 0.3) is 0 Å². The van der Waals surface area contributed by atoms with Crippen molar-refractivity contribution in [1.29, 1.82) is 0 Å². The molecule has 3 N–H and O–H groups in total. The summed E-state index contributed by atoms with van der Waals surface area (Å²) >= 11 is 0. The number of ether oxygens (including phenoxy) is 4. The maximum absolute atomic E-state index is 13.4. The van der Waals surface area contributed by atoms with E-state index in [9.17, 15) is 34.5 Å². The number of carbonyl (C=O) groups excluding carboxylic acids is 4. The molecule has 0 aromatic heterocycles. The quantitative estimate of drug-likeness (QED) is 0.270. The van der Waals surface area contributed by atoms with E-state index in [1.165, 1.54) is 6.08 Å².